The summed E-state index contributed by atoms with van der Waals surface area (Å²) in [6.45, 7) is 3.42. The van der Waals surface area contributed by atoms with Crippen molar-refractivity contribution in [2.24, 2.45) is 0 Å². The summed E-state index contributed by atoms with van der Waals surface area (Å²) < 4.78 is 4.91. The highest BCUT2D eigenvalue weighted by Crippen LogP contribution is 2.14. The van der Waals surface area contributed by atoms with Crippen molar-refractivity contribution in [3.05, 3.63) is 35.4 Å². The van der Waals surface area contributed by atoms with Gasteiger partial charge in [0.1, 0.15) is 17.4 Å². The molecule has 0 aliphatic carbocycles. The molecule has 1 N–H and O–H groups in total. The standard InChI is InChI=1S/C13H13NO3/c1-9(2)17-13(16)11(8-14)6-10-4-3-5-12(15)7-10/h3-7,9,15H,1-2H3/b11-6+. The number of carbonyl (C=O) groups is 1. The molecule has 0 heterocycles. The summed E-state index contributed by atoms with van der Waals surface area (Å²) in [5.74, 6) is -0.584. The zero-order chi connectivity index (χ0) is 12.8. The molecule has 0 aliphatic heterocycles. The first kappa shape index (κ1) is 12.8. The van der Waals surface area contributed by atoms with Gasteiger partial charge in [-0.25, -0.2) is 4.79 Å². The fraction of sp³-hybridized carbons (Fsp3) is 0.231. The Morgan fingerprint density at radius 2 is 2.24 bits per heavy atom. The number of rotatable bonds is 3. The smallest absolute Gasteiger partial charge is 0.349 e. The van der Waals surface area contributed by atoms with Crippen molar-refractivity contribution in [1.82, 2.24) is 0 Å². The highest BCUT2D eigenvalue weighted by molar-refractivity contribution is 5.98. The molecule has 0 saturated carbocycles. The molecule has 4 heteroatoms. The van der Waals surface area contributed by atoms with Crippen molar-refractivity contribution in [3.63, 3.8) is 0 Å². The van der Waals surface area contributed by atoms with E-state index in [4.69, 9.17) is 10.00 Å². The van der Waals surface area contributed by atoms with E-state index in [2.05, 4.69) is 0 Å². The van der Waals surface area contributed by atoms with Crippen molar-refractivity contribution >= 4 is 12.0 Å². The predicted molar refractivity (Wildman–Crippen MR) is 62.9 cm³/mol. The second-order valence-corrected chi connectivity index (χ2v) is 3.72. The summed E-state index contributed by atoms with van der Waals surface area (Å²) in [5.41, 5.74) is 0.478. The molecule has 4 nitrogen and oxygen atoms in total. The van der Waals surface area contributed by atoms with Gasteiger partial charge in [-0.2, -0.15) is 5.26 Å². The third kappa shape index (κ3) is 3.99. The van der Waals surface area contributed by atoms with Gasteiger partial charge in [-0.05, 0) is 37.6 Å². The fourth-order valence-electron chi connectivity index (χ4n) is 1.20. The lowest BCUT2D eigenvalue weighted by atomic mass is 10.1. The monoisotopic (exact) mass is 231 g/mol. The zero-order valence-electron chi connectivity index (χ0n) is 9.68. The Balaban J connectivity index is 2.95. The summed E-state index contributed by atoms with van der Waals surface area (Å²) in [6.07, 6.45) is 1.10. The van der Waals surface area contributed by atoms with Crippen LogP contribution in [-0.2, 0) is 9.53 Å². The van der Waals surface area contributed by atoms with E-state index in [1.807, 2.05) is 0 Å². The van der Waals surface area contributed by atoms with Crippen LogP contribution in [0.4, 0.5) is 0 Å². The van der Waals surface area contributed by atoms with Gasteiger partial charge in [0.05, 0.1) is 6.10 Å². The van der Waals surface area contributed by atoms with E-state index in [-0.39, 0.29) is 17.4 Å². The maximum absolute atomic E-state index is 11.5. The molecule has 0 unspecified atom stereocenters. The van der Waals surface area contributed by atoms with Crippen LogP contribution < -0.4 is 0 Å². The lowest BCUT2D eigenvalue weighted by Gasteiger charge is -2.06. The van der Waals surface area contributed by atoms with Crippen molar-refractivity contribution < 1.29 is 14.6 Å². The normalized spacial score (nSPS) is 11.1. The molecule has 0 aromatic heterocycles. The van der Waals surface area contributed by atoms with Gasteiger partial charge in [-0.15, -0.1) is 0 Å². The summed E-state index contributed by atoms with van der Waals surface area (Å²) in [4.78, 5) is 11.5. The van der Waals surface area contributed by atoms with Crippen LogP contribution in [0.3, 0.4) is 0 Å². The first-order chi connectivity index (χ1) is 8.02. The van der Waals surface area contributed by atoms with Crippen LogP contribution in [0.2, 0.25) is 0 Å². The van der Waals surface area contributed by atoms with Gasteiger partial charge < -0.3 is 9.84 Å². The maximum Gasteiger partial charge on any atom is 0.349 e. The molecule has 1 aromatic carbocycles. The van der Waals surface area contributed by atoms with E-state index in [9.17, 15) is 9.90 Å². The average Bonchev–Trinajstić information content (AvgIpc) is 2.24. The number of phenolic OH excluding ortho intramolecular Hbond substituents is 1. The molecule has 1 aromatic rings. The minimum absolute atomic E-state index is 0.0771. The van der Waals surface area contributed by atoms with Crippen LogP contribution in [0.5, 0.6) is 5.75 Å². The summed E-state index contributed by atoms with van der Waals surface area (Å²) in [6, 6.07) is 8.06. The van der Waals surface area contributed by atoms with Crippen molar-refractivity contribution in [3.8, 4) is 11.8 Å². The summed E-state index contributed by atoms with van der Waals surface area (Å²) >= 11 is 0. The lowest BCUT2D eigenvalue weighted by Crippen LogP contribution is -2.12. The van der Waals surface area contributed by atoms with Gasteiger partial charge in [0, 0.05) is 0 Å². The molecule has 0 saturated heterocycles. The highest BCUT2D eigenvalue weighted by atomic mass is 16.5. The highest BCUT2D eigenvalue weighted by Gasteiger charge is 2.12. The molecule has 1 rings (SSSR count). The molecular weight excluding hydrogens is 218 g/mol. The number of hydrogen-bond donors (Lipinski definition) is 1. The third-order valence-electron chi connectivity index (χ3n) is 1.86. The van der Waals surface area contributed by atoms with Gasteiger partial charge >= 0.3 is 5.97 Å². The first-order valence-electron chi connectivity index (χ1n) is 5.14. The van der Waals surface area contributed by atoms with Crippen LogP contribution in [0, 0.1) is 11.3 Å². The van der Waals surface area contributed by atoms with Crippen molar-refractivity contribution in [2.45, 2.75) is 20.0 Å². The van der Waals surface area contributed by atoms with Crippen LogP contribution in [-0.4, -0.2) is 17.2 Å². The Hall–Kier alpha value is -2.28. The van der Waals surface area contributed by atoms with Gasteiger partial charge in [-0.3, -0.25) is 0 Å². The largest absolute Gasteiger partial charge is 0.508 e. The SMILES string of the molecule is CC(C)OC(=O)/C(C#N)=C/c1cccc(O)c1. The Morgan fingerprint density at radius 1 is 1.53 bits per heavy atom. The van der Waals surface area contributed by atoms with E-state index in [1.54, 1.807) is 32.0 Å². The second-order valence-electron chi connectivity index (χ2n) is 3.72. The molecule has 88 valence electrons. The van der Waals surface area contributed by atoms with Gasteiger partial charge in [-0.1, -0.05) is 12.1 Å². The van der Waals surface area contributed by atoms with Gasteiger partial charge in [0.25, 0.3) is 0 Å². The Morgan fingerprint density at radius 3 is 2.76 bits per heavy atom. The Bertz CT molecular complexity index is 484. The first-order valence-corrected chi connectivity index (χ1v) is 5.14. The number of benzene rings is 1. The molecule has 0 bridgehead atoms. The predicted octanol–water partition coefficient (Wildman–Crippen LogP) is 2.25. The quantitative estimate of drug-likeness (QED) is 0.492. The number of phenols is 1. The van der Waals surface area contributed by atoms with Crippen LogP contribution in [0.1, 0.15) is 19.4 Å². The fourth-order valence-corrected chi connectivity index (χ4v) is 1.20. The number of ether oxygens (including phenoxy) is 1. The molecule has 0 spiro atoms. The van der Waals surface area contributed by atoms with Crippen molar-refractivity contribution in [1.29, 1.82) is 5.26 Å². The number of nitriles is 1. The van der Waals surface area contributed by atoms with Crippen LogP contribution in [0.25, 0.3) is 6.08 Å². The van der Waals surface area contributed by atoms with Crippen LogP contribution >= 0.6 is 0 Å². The molecule has 0 radical (unpaired) electrons. The number of esters is 1. The van der Waals surface area contributed by atoms with Gasteiger partial charge in [0.2, 0.25) is 0 Å². The molecular formula is C13H13NO3. The van der Waals surface area contributed by atoms with Crippen LogP contribution in [0.15, 0.2) is 29.8 Å². The number of nitrogens with zero attached hydrogens (tertiary/aromatic N) is 1. The molecule has 17 heavy (non-hydrogen) atoms. The molecule has 0 atom stereocenters. The number of carbonyl (C=O) groups excluding carboxylic acids is 1. The third-order valence-corrected chi connectivity index (χ3v) is 1.86. The van der Waals surface area contributed by atoms with E-state index >= 15 is 0 Å². The minimum Gasteiger partial charge on any atom is -0.508 e. The Kier molecular flexibility index (Phi) is 4.29. The lowest BCUT2D eigenvalue weighted by molar-refractivity contribution is -0.142. The van der Waals surface area contributed by atoms with E-state index in [0.717, 1.165) is 0 Å². The molecule has 0 amide bonds. The second kappa shape index (κ2) is 5.71. The summed E-state index contributed by atoms with van der Waals surface area (Å²) in [7, 11) is 0. The maximum atomic E-state index is 11.5. The van der Waals surface area contributed by atoms with E-state index in [1.165, 1.54) is 18.2 Å². The average molecular weight is 231 g/mol. The summed E-state index contributed by atoms with van der Waals surface area (Å²) in [5, 5.41) is 18.1. The van der Waals surface area contributed by atoms with E-state index in [0.29, 0.717) is 5.56 Å². The Labute approximate surface area is 99.8 Å². The molecule has 0 fully saturated rings. The molecule has 0 aliphatic rings. The van der Waals surface area contributed by atoms with Gasteiger partial charge in [0.15, 0.2) is 0 Å². The topological polar surface area (TPSA) is 70.3 Å². The van der Waals surface area contributed by atoms with Crippen molar-refractivity contribution in [2.75, 3.05) is 0 Å². The zero-order valence-corrected chi connectivity index (χ0v) is 9.68. The number of hydrogen-bond acceptors (Lipinski definition) is 4. The minimum atomic E-state index is -0.661. The van der Waals surface area contributed by atoms with E-state index < -0.39 is 5.97 Å². The number of aromatic hydroxyl groups is 1.